The largest absolute Gasteiger partial charge is 0.480 e. The van der Waals surface area contributed by atoms with Crippen LogP contribution in [0.4, 0.5) is 0 Å². The number of hydrogen-bond acceptors (Lipinski definition) is 2. The fraction of sp³-hybridized carbons (Fsp3) is 0.167. The average Bonchev–Trinajstić information content (AvgIpc) is 2.57. The lowest BCUT2D eigenvalue weighted by Gasteiger charge is -2.06. The smallest absolute Gasteiger partial charge is 0.352 e. The lowest BCUT2D eigenvalue weighted by atomic mass is 10.2. The van der Waals surface area contributed by atoms with E-state index in [9.17, 15) is 9.59 Å². The van der Waals surface area contributed by atoms with Crippen molar-refractivity contribution in [3.63, 3.8) is 0 Å². The molecule has 0 aliphatic rings. The van der Waals surface area contributed by atoms with Crippen LogP contribution in [0.1, 0.15) is 16.1 Å². The maximum Gasteiger partial charge on any atom is 0.352 e. The van der Waals surface area contributed by atoms with E-state index in [1.165, 1.54) is 10.6 Å². The van der Waals surface area contributed by atoms with E-state index in [1.54, 1.807) is 6.07 Å². The Morgan fingerprint density at radius 3 is 2.59 bits per heavy atom. The molecule has 1 heterocycles. The minimum atomic E-state index is -1.12. The van der Waals surface area contributed by atoms with Gasteiger partial charge in [0.2, 0.25) is 0 Å². The van der Waals surface area contributed by atoms with Gasteiger partial charge in [0.25, 0.3) is 0 Å². The summed E-state index contributed by atoms with van der Waals surface area (Å²) in [6, 6.07) is 6.90. The lowest BCUT2D eigenvalue weighted by molar-refractivity contribution is -0.137. The Morgan fingerprint density at radius 2 is 2.00 bits per heavy atom. The highest BCUT2D eigenvalue weighted by atomic mass is 16.4. The van der Waals surface area contributed by atoms with Crippen molar-refractivity contribution in [3.05, 3.63) is 35.5 Å². The first-order valence-electron chi connectivity index (χ1n) is 5.04. The molecule has 0 saturated carbocycles. The van der Waals surface area contributed by atoms with Crippen LogP contribution in [0, 0.1) is 6.92 Å². The summed E-state index contributed by atoms with van der Waals surface area (Å²) in [6.07, 6.45) is 0. The van der Waals surface area contributed by atoms with Gasteiger partial charge in [0.1, 0.15) is 12.2 Å². The van der Waals surface area contributed by atoms with Gasteiger partial charge in [0.05, 0.1) is 5.52 Å². The second kappa shape index (κ2) is 3.93. The van der Waals surface area contributed by atoms with Crippen LogP contribution >= 0.6 is 0 Å². The number of carboxylic acid groups (broad SMARTS) is 2. The highest BCUT2D eigenvalue weighted by Crippen LogP contribution is 2.23. The molecule has 1 aromatic carbocycles. The summed E-state index contributed by atoms with van der Waals surface area (Å²) in [4.78, 5) is 21.9. The van der Waals surface area contributed by atoms with Crippen LogP contribution in [0.5, 0.6) is 0 Å². The number of hydrogen-bond donors (Lipinski definition) is 2. The third-order valence-electron chi connectivity index (χ3n) is 2.63. The number of carboxylic acids is 2. The third kappa shape index (κ3) is 1.87. The number of fused-ring (bicyclic) bond motifs is 1. The Kier molecular flexibility index (Phi) is 2.59. The van der Waals surface area contributed by atoms with Gasteiger partial charge in [0, 0.05) is 5.39 Å². The maximum atomic E-state index is 11.1. The van der Waals surface area contributed by atoms with Crippen molar-refractivity contribution in [1.29, 1.82) is 0 Å². The molecule has 0 atom stereocenters. The van der Waals surface area contributed by atoms with Crippen LogP contribution in [0.2, 0.25) is 0 Å². The molecule has 0 spiro atoms. The highest BCUT2D eigenvalue weighted by Gasteiger charge is 2.17. The third-order valence-corrected chi connectivity index (χ3v) is 2.63. The number of aryl methyl sites for hydroxylation is 1. The van der Waals surface area contributed by atoms with Crippen molar-refractivity contribution in [2.24, 2.45) is 0 Å². The van der Waals surface area contributed by atoms with Crippen molar-refractivity contribution >= 4 is 22.8 Å². The minimum absolute atomic E-state index is 0.00306. The van der Waals surface area contributed by atoms with Crippen molar-refractivity contribution in [2.75, 3.05) is 0 Å². The van der Waals surface area contributed by atoms with E-state index >= 15 is 0 Å². The fourth-order valence-corrected chi connectivity index (χ4v) is 1.99. The Hall–Kier alpha value is -2.30. The lowest BCUT2D eigenvalue weighted by Crippen LogP contribution is -2.14. The monoisotopic (exact) mass is 233 g/mol. The summed E-state index contributed by atoms with van der Waals surface area (Å²) in [5, 5.41) is 18.6. The molecule has 2 aromatic rings. The second-order valence-electron chi connectivity index (χ2n) is 3.83. The summed E-state index contributed by atoms with van der Waals surface area (Å²) in [5.41, 5.74) is 1.51. The fourth-order valence-electron chi connectivity index (χ4n) is 1.99. The Morgan fingerprint density at radius 1 is 1.29 bits per heavy atom. The van der Waals surface area contributed by atoms with Gasteiger partial charge in [-0.1, -0.05) is 18.2 Å². The predicted octanol–water partition coefficient (Wildman–Crippen LogP) is 1.73. The Balaban J connectivity index is 2.77. The summed E-state index contributed by atoms with van der Waals surface area (Å²) in [7, 11) is 0. The van der Waals surface area contributed by atoms with E-state index in [4.69, 9.17) is 10.2 Å². The van der Waals surface area contributed by atoms with Gasteiger partial charge in [-0.3, -0.25) is 4.79 Å². The SMILES string of the molecule is Cc1cccc2cc(C(=O)O)n(CC(=O)O)c12. The molecule has 0 aliphatic carbocycles. The van der Waals surface area contributed by atoms with Crippen molar-refractivity contribution in [2.45, 2.75) is 13.5 Å². The minimum Gasteiger partial charge on any atom is -0.480 e. The Labute approximate surface area is 96.9 Å². The zero-order chi connectivity index (χ0) is 12.6. The van der Waals surface area contributed by atoms with Crippen LogP contribution in [-0.2, 0) is 11.3 Å². The molecule has 0 unspecified atom stereocenters. The topological polar surface area (TPSA) is 79.5 Å². The molecule has 0 radical (unpaired) electrons. The number of aliphatic carboxylic acids is 1. The molecule has 88 valence electrons. The quantitative estimate of drug-likeness (QED) is 0.846. The number of carbonyl (C=O) groups is 2. The van der Waals surface area contributed by atoms with Crippen LogP contribution in [0.3, 0.4) is 0 Å². The van der Waals surface area contributed by atoms with Gasteiger partial charge in [-0.2, -0.15) is 0 Å². The molecular weight excluding hydrogens is 222 g/mol. The van der Waals surface area contributed by atoms with Crippen molar-refractivity contribution in [3.8, 4) is 0 Å². The van der Waals surface area contributed by atoms with Crippen molar-refractivity contribution < 1.29 is 19.8 Å². The standard InChI is InChI=1S/C12H11NO4/c1-7-3-2-4-8-5-9(12(16)17)13(11(7)8)6-10(14)15/h2-5H,6H2,1H3,(H,14,15)(H,16,17). The second-order valence-corrected chi connectivity index (χ2v) is 3.83. The van der Waals surface area contributed by atoms with Crippen LogP contribution in [0.15, 0.2) is 24.3 Å². The van der Waals surface area contributed by atoms with E-state index in [0.29, 0.717) is 5.52 Å². The van der Waals surface area contributed by atoms with E-state index in [-0.39, 0.29) is 12.2 Å². The van der Waals surface area contributed by atoms with Crippen LogP contribution < -0.4 is 0 Å². The van der Waals surface area contributed by atoms with Gasteiger partial charge >= 0.3 is 11.9 Å². The molecule has 5 heteroatoms. The number of aromatic carboxylic acids is 1. The molecule has 0 amide bonds. The van der Waals surface area contributed by atoms with E-state index in [0.717, 1.165) is 10.9 Å². The van der Waals surface area contributed by atoms with Gasteiger partial charge in [0.15, 0.2) is 0 Å². The van der Waals surface area contributed by atoms with Crippen LogP contribution in [-0.4, -0.2) is 26.7 Å². The molecule has 0 saturated heterocycles. The average molecular weight is 233 g/mol. The summed E-state index contributed by atoms with van der Waals surface area (Å²) >= 11 is 0. The molecule has 2 rings (SSSR count). The number of aromatic nitrogens is 1. The van der Waals surface area contributed by atoms with E-state index < -0.39 is 11.9 Å². The summed E-state index contributed by atoms with van der Waals surface area (Å²) in [5.74, 6) is -2.19. The normalized spacial score (nSPS) is 10.6. The number of rotatable bonds is 3. The van der Waals surface area contributed by atoms with Crippen LogP contribution in [0.25, 0.3) is 10.9 Å². The van der Waals surface area contributed by atoms with E-state index in [2.05, 4.69) is 0 Å². The summed E-state index contributed by atoms with van der Waals surface area (Å²) < 4.78 is 1.31. The first-order valence-corrected chi connectivity index (χ1v) is 5.04. The molecule has 0 fully saturated rings. The number of nitrogens with zero attached hydrogens (tertiary/aromatic N) is 1. The molecule has 2 N–H and O–H groups in total. The van der Waals surface area contributed by atoms with E-state index in [1.807, 2.05) is 19.1 Å². The first-order chi connectivity index (χ1) is 8.00. The maximum absolute atomic E-state index is 11.1. The molecule has 0 aliphatic heterocycles. The molecule has 0 bridgehead atoms. The molecule has 5 nitrogen and oxygen atoms in total. The van der Waals surface area contributed by atoms with Gasteiger partial charge in [-0.15, -0.1) is 0 Å². The Bertz CT molecular complexity index is 612. The summed E-state index contributed by atoms with van der Waals surface area (Å²) in [6.45, 7) is 1.47. The molecular formula is C12H11NO4. The van der Waals surface area contributed by atoms with Gasteiger partial charge < -0.3 is 14.8 Å². The zero-order valence-electron chi connectivity index (χ0n) is 9.17. The number of para-hydroxylation sites is 1. The molecule has 1 aromatic heterocycles. The van der Waals surface area contributed by atoms with Crippen molar-refractivity contribution in [1.82, 2.24) is 4.57 Å². The predicted molar refractivity (Wildman–Crippen MR) is 61.3 cm³/mol. The number of benzene rings is 1. The van der Waals surface area contributed by atoms with Gasteiger partial charge in [-0.05, 0) is 18.6 Å². The van der Waals surface area contributed by atoms with Gasteiger partial charge in [-0.25, -0.2) is 4.79 Å². The first kappa shape index (κ1) is 11.2. The zero-order valence-corrected chi connectivity index (χ0v) is 9.17. The highest BCUT2D eigenvalue weighted by molar-refractivity contribution is 5.96. The molecule has 17 heavy (non-hydrogen) atoms.